The molecule has 0 radical (unpaired) electrons. The van der Waals surface area contributed by atoms with Crippen molar-refractivity contribution < 1.29 is 27.1 Å². The highest BCUT2D eigenvalue weighted by molar-refractivity contribution is 5.77. The predicted molar refractivity (Wildman–Crippen MR) is 79.9 cm³/mol. The van der Waals surface area contributed by atoms with Gasteiger partial charge in [0, 0.05) is 6.54 Å². The fourth-order valence-corrected chi connectivity index (χ4v) is 2.07. The van der Waals surface area contributed by atoms with Gasteiger partial charge < -0.3 is 10.1 Å². The quantitative estimate of drug-likeness (QED) is 0.839. The minimum Gasteiger partial charge on any atom is -0.484 e. The molecule has 0 atom stereocenters. The molecule has 0 aliphatic carbocycles. The maximum Gasteiger partial charge on any atom is 0.416 e. The molecule has 3 nitrogen and oxygen atoms in total. The van der Waals surface area contributed by atoms with E-state index in [4.69, 9.17) is 4.74 Å². The van der Waals surface area contributed by atoms with Crippen molar-refractivity contribution in [2.24, 2.45) is 0 Å². The van der Waals surface area contributed by atoms with Crippen LogP contribution in [0.25, 0.3) is 0 Å². The number of hydrogen-bond donors (Lipinski definition) is 1. The van der Waals surface area contributed by atoms with Crippen LogP contribution in [0.4, 0.5) is 17.6 Å². The van der Waals surface area contributed by atoms with Crippen LogP contribution in [0.5, 0.6) is 5.75 Å². The van der Waals surface area contributed by atoms with Gasteiger partial charge in [-0.3, -0.25) is 4.79 Å². The summed E-state index contributed by atoms with van der Waals surface area (Å²) in [5, 5.41) is 2.33. The zero-order chi connectivity index (χ0) is 17.7. The van der Waals surface area contributed by atoms with Crippen LogP contribution in [0.2, 0.25) is 0 Å². The highest BCUT2D eigenvalue weighted by Crippen LogP contribution is 2.32. The number of rotatable bonds is 5. The lowest BCUT2D eigenvalue weighted by Gasteiger charge is -2.14. The van der Waals surface area contributed by atoms with E-state index in [2.05, 4.69) is 5.32 Å². The normalized spacial score (nSPS) is 11.2. The molecule has 24 heavy (non-hydrogen) atoms. The van der Waals surface area contributed by atoms with Crippen LogP contribution in [-0.2, 0) is 17.5 Å². The maximum atomic E-state index is 13.0. The van der Waals surface area contributed by atoms with Crippen LogP contribution in [-0.4, -0.2) is 12.5 Å². The third kappa shape index (κ3) is 4.71. The van der Waals surface area contributed by atoms with Crippen LogP contribution in [0, 0.1) is 12.7 Å². The Morgan fingerprint density at radius 3 is 2.54 bits per heavy atom. The monoisotopic (exact) mass is 341 g/mol. The summed E-state index contributed by atoms with van der Waals surface area (Å²) in [7, 11) is 0. The first kappa shape index (κ1) is 17.8. The molecule has 0 heterocycles. The van der Waals surface area contributed by atoms with Crippen LogP contribution < -0.4 is 10.1 Å². The van der Waals surface area contributed by atoms with E-state index >= 15 is 0 Å². The number of para-hydroxylation sites is 1. The molecule has 2 aromatic carbocycles. The molecule has 0 saturated carbocycles. The molecule has 2 aromatic rings. The van der Waals surface area contributed by atoms with E-state index in [9.17, 15) is 22.4 Å². The van der Waals surface area contributed by atoms with E-state index in [-0.39, 0.29) is 18.7 Å². The molecule has 1 amide bonds. The highest BCUT2D eigenvalue weighted by atomic mass is 19.4. The number of carbonyl (C=O) groups is 1. The average molecular weight is 341 g/mol. The molecule has 0 aromatic heterocycles. The van der Waals surface area contributed by atoms with Crippen molar-refractivity contribution in [3.05, 3.63) is 65.0 Å². The number of benzene rings is 2. The van der Waals surface area contributed by atoms with Gasteiger partial charge in [-0.1, -0.05) is 24.3 Å². The van der Waals surface area contributed by atoms with Gasteiger partial charge in [0.25, 0.3) is 5.91 Å². The molecular formula is C17H15F4NO2. The summed E-state index contributed by atoms with van der Waals surface area (Å²) in [6, 6.07) is 9.38. The zero-order valence-electron chi connectivity index (χ0n) is 12.8. The van der Waals surface area contributed by atoms with Gasteiger partial charge in [-0.05, 0) is 36.2 Å². The van der Waals surface area contributed by atoms with E-state index < -0.39 is 23.5 Å². The minimum atomic E-state index is -4.69. The summed E-state index contributed by atoms with van der Waals surface area (Å²) in [5.74, 6) is -1.04. The van der Waals surface area contributed by atoms with E-state index in [0.29, 0.717) is 11.8 Å². The molecular weight excluding hydrogens is 326 g/mol. The lowest BCUT2D eigenvalue weighted by Crippen LogP contribution is -2.29. The van der Waals surface area contributed by atoms with Crippen LogP contribution in [0.1, 0.15) is 16.7 Å². The minimum absolute atomic E-state index is 0.215. The molecule has 2 rings (SSSR count). The van der Waals surface area contributed by atoms with Gasteiger partial charge in [-0.25, -0.2) is 4.39 Å². The van der Waals surface area contributed by atoms with Gasteiger partial charge >= 0.3 is 6.18 Å². The highest BCUT2D eigenvalue weighted by Gasteiger charge is 2.33. The summed E-state index contributed by atoms with van der Waals surface area (Å²) < 4.78 is 56.9. The summed E-state index contributed by atoms with van der Waals surface area (Å²) in [6.45, 7) is 1.11. The number of alkyl halides is 3. The fraction of sp³-hybridized carbons (Fsp3) is 0.235. The first-order valence-electron chi connectivity index (χ1n) is 7.08. The Morgan fingerprint density at radius 1 is 1.17 bits per heavy atom. The van der Waals surface area contributed by atoms with Crippen LogP contribution in [0.3, 0.4) is 0 Å². The number of ether oxygens (including phenoxy) is 1. The van der Waals surface area contributed by atoms with Crippen molar-refractivity contribution in [2.75, 3.05) is 6.61 Å². The summed E-state index contributed by atoms with van der Waals surface area (Å²) in [6.07, 6.45) is -4.69. The molecule has 0 bridgehead atoms. The third-order valence-corrected chi connectivity index (χ3v) is 3.31. The van der Waals surface area contributed by atoms with Gasteiger partial charge in [0.2, 0.25) is 0 Å². The van der Waals surface area contributed by atoms with Crippen molar-refractivity contribution in [3.63, 3.8) is 0 Å². The Bertz CT molecular complexity index is 729. The molecule has 0 fully saturated rings. The Morgan fingerprint density at radius 2 is 1.88 bits per heavy atom. The van der Waals surface area contributed by atoms with Gasteiger partial charge in [-0.15, -0.1) is 0 Å². The predicted octanol–water partition coefficient (Wildman–Crippen LogP) is 3.85. The van der Waals surface area contributed by atoms with Gasteiger partial charge in [0.1, 0.15) is 11.6 Å². The zero-order valence-corrected chi connectivity index (χ0v) is 12.8. The standard InChI is InChI=1S/C17H15F4NO2/c1-11-4-2-3-5-15(11)24-10-16(23)22-9-12-6-7-13(18)8-14(12)17(19,20)21/h2-8H,9-10H2,1H3,(H,22,23). The van der Waals surface area contributed by atoms with E-state index in [1.165, 1.54) is 0 Å². The van der Waals surface area contributed by atoms with E-state index in [1.807, 2.05) is 6.07 Å². The van der Waals surface area contributed by atoms with E-state index in [1.54, 1.807) is 25.1 Å². The number of carbonyl (C=O) groups excluding carboxylic acids is 1. The second kappa shape index (κ2) is 7.33. The first-order valence-corrected chi connectivity index (χ1v) is 7.08. The molecule has 7 heteroatoms. The molecule has 0 unspecified atom stereocenters. The Hall–Kier alpha value is -2.57. The lowest BCUT2D eigenvalue weighted by molar-refractivity contribution is -0.138. The number of hydrogen-bond acceptors (Lipinski definition) is 2. The van der Waals surface area contributed by atoms with Crippen molar-refractivity contribution in [2.45, 2.75) is 19.6 Å². The average Bonchev–Trinajstić information content (AvgIpc) is 2.52. The molecule has 0 spiro atoms. The first-order chi connectivity index (χ1) is 11.3. The summed E-state index contributed by atoms with van der Waals surface area (Å²) in [5.41, 5.74) is -0.487. The molecule has 1 N–H and O–H groups in total. The third-order valence-electron chi connectivity index (χ3n) is 3.31. The molecule has 0 aliphatic heterocycles. The van der Waals surface area contributed by atoms with Gasteiger partial charge in [0.15, 0.2) is 6.61 Å². The van der Waals surface area contributed by atoms with Crippen molar-refractivity contribution in [1.29, 1.82) is 0 Å². The Labute approximate surface area is 136 Å². The van der Waals surface area contributed by atoms with Crippen molar-refractivity contribution in [1.82, 2.24) is 5.32 Å². The largest absolute Gasteiger partial charge is 0.484 e. The van der Waals surface area contributed by atoms with Crippen LogP contribution in [0.15, 0.2) is 42.5 Å². The molecule has 128 valence electrons. The van der Waals surface area contributed by atoms with Crippen molar-refractivity contribution in [3.8, 4) is 5.75 Å². The Kier molecular flexibility index (Phi) is 5.43. The number of halogens is 4. The second-order valence-electron chi connectivity index (χ2n) is 5.13. The van der Waals surface area contributed by atoms with Crippen molar-refractivity contribution >= 4 is 5.91 Å². The second-order valence-corrected chi connectivity index (χ2v) is 5.13. The number of nitrogens with one attached hydrogen (secondary N) is 1. The van der Waals surface area contributed by atoms with Crippen LogP contribution >= 0.6 is 0 Å². The molecule has 0 saturated heterocycles. The van der Waals surface area contributed by atoms with Gasteiger partial charge in [-0.2, -0.15) is 13.2 Å². The summed E-state index contributed by atoms with van der Waals surface area (Å²) >= 11 is 0. The number of aryl methyl sites for hydroxylation is 1. The van der Waals surface area contributed by atoms with E-state index in [0.717, 1.165) is 17.7 Å². The smallest absolute Gasteiger partial charge is 0.416 e. The van der Waals surface area contributed by atoms with Gasteiger partial charge in [0.05, 0.1) is 5.56 Å². The Balaban J connectivity index is 1.96. The number of amides is 1. The lowest BCUT2D eigenvalue weighted by atomic mass is 10.1. The summed E-state index contributed by atoms with van der Waals surface area (Å²) in [4.78, 5) is 11.7. The topological polar surface area (TPSA) is 38.3 Å². The maximum absolute atomic E-state index is 13.0. The fourth-order valence-electron chi connectivity index (χ4n) is 2.07. The molecule has 0 aliphatic rings. The SMILES string of the molecule is Cc1ccccc1OCC(=O)NCc1ccc(F)cc1C(F)(F)F.